The van der Waals surface area contributed by atoms with E-state index in [9.17, 15) is 9.59 Å². The molecule has 0 aliphatic carbocycles. The molecule has 2 rings (SSSR count). The first-order valence-electron chi connectivity index (χ1n) is 6.59. The van der Waals surface area contributed by atoms with E-state index >= 15 is 0 Å². The summed E-state index contributed by atoms with van der Waals surface area (Å²) in [7, 11) is 0. The van der Waals surface area contributed by atoms with Crippen LogP contribution in [0.4, 0.5) is 10.5 Å². The highest BCUT2D eigenvalue weighted by atomic mass is 16.5. The molecule has 0 bridgehead atoms. The third-order valence-electron chi connectivity index (χ3n) is 3.24. The first-order valence-corrected chi connectivity index (χ1v) is 6.59. The number of carboxylic acid groups (broad SMARTS) is 1. The summed E-state index contributed by atoms with van der Waals surface area (Å²) < 4.78 is 5.08. The molecule has 6 nitrogen and oxygen atoms in total. The molecule has 1 aromatic carbocycles. The zero-order valence-corrected chi connectivity index (χ0v) is 11.3. The van der Waals surface area contributed by atoms with Crippen molar-refractivity contribution in [3.63, 3.8) is 0 Å². The smallest absolute Gasteiger partial charge is 0.334 e. The van der Waals surface area contributed by atoms with Gasteiger partial charge in [-0.15, -0.1) is 0 Å². The second-order valence-corrected chi connectivity index (χ2v) is 4.62. The number of ether oxygens (including phenoxy) is 1. The number of aryl methyl sites for hydroxylation is 1. The molecule has 0 spiro atoms. The Kier molecular flexibility index (Phi) is 4.57. The Bertz CT molecular complexity index is 486. The van der Waals surface area contributed by atoms with Crippen molar-refractivity contribution in [3.8, 4) is 0 Å². The zero-order valence-electron chi connectivity index (χ0n) is 11.3. The van der Waals surface area contributed by atoms with Gasteiger partial charge in [-0.25, -0.2) is 9.59 Å². The molecule has 1 atom stereocenters. The molecule has 1 saturated heterocycles. The van der Waals surface area contributed by atoms with E-state index in [0.29, 0.717) is 12.2 Å². The van der Waals surface area contributed by atoms with Gasteiger partial charge in [-0.05, 0) is 24.1 Å². The molecule has 2 amide bonds. The predicted octanol–water partition coefficient (Wildman–Crippen LogP) is 1.57. The lowest BCUT2D eigenvalue weighted by atomic mass is 10.1. The van der Waals surface area contributed by atoms with Crippen molar-refractivity contribution < 1.29 is 19.4 Å². The summed E-state index contributed by atoms with van der Waals surface area (Å²) in [6.07, 6.45) is -0.00481. The number of morpholine rings is 1. The van der Waals surface area contributed by atoms with Gasteiger partial charge in [0.2, 0.25) is 0 Å². The van der Waals surface area contributed by atoms with Crippen molar-refractivity contribution in [1.29, 1.82) is 0 Å². The number of carbonyl (C=O) groups is 2. The van der Waals surface area contributed by atoms with Crippen LogP contribution in [0, 0.1) is 0 Å². The predicted molar refractivity (Wildman–Crippen MR) is 73.8 cm³/mol. The molecule has 1 heterocycles. The van der Waals surface area contributed by atoms with Gasteiger partial charge >= 0.3 is 12.0 Å². The van der Waals surface area contributed by atoms with Gasteiger partial charge in [-0.2, -0.15) is 0 Å². The van der Waals surface area contributed by atoms with Crippen molar-refractivity contribution in [2.24, 2.45) is 0 Å². The van der Waals surface area contributed by atoms with Crippen LogP contribution >= 0.6 is 0 Å². The largest absolute Gasteiger partial charge is 0.479 e. The van der Waals surface area contributed by atoms with Crippen LogP contribution in [0.1, 0.15) is 12.5 Å². The number of rotatable bonds is 3. The van der Waals surface area contributed by atoms with Crippen molar-refractivity contribution in [1.82, 2.24) is 4.90 Å². The number of carboxylic acids is 1. The number of hydrogen-bond acceptors (Lipinski definition) is 3. The van der Waals surface area contributed by atoms with E-state index in [1.54, 1.807) is 0 Å². The maximum absolute atomic E-state index is 12.1. The third-order valence-corrected chi connectivity index (χ3v) is 3.24. The van der Waals surface area contributed by atoms with Crippen LogP contribution in [0.25, 0.3) is 0 Å². The molecule has 0 aromatic heterocycles. The number of nitrogens with zero attached hydrogens (tertiary/aromatic N) is 1. The van der Waals surface area contributed by atoms with Crippen LogP contribution in [-0.4, -0.2) is 47.8 Å². The summed E-state index contributed by atoms with van der Waals surface area (Å²) in [5.41, 5.74) is 1.89. The highest BCUT2D eigenvalue weighted by Crippen LogP contribution is 2.12. The van der Waals surface area contributed by atoms with E-state index in [1.807, 2.05) is 24.3 Å². The Morgan fingerprint density at radius 3 is 2.70 bits per heavy atom. The van der Waals surface area contributed by atoms with E-state index in [0.717, 1.165) is 6.42 Å². The standard InChI is InChI=1S/C14H18N2O4/c1-2-10-3-5-11(6-4-10)15-14(19)16-7-8-20-12(9-16)13(17)18/h3-6,12H,2,7-9H2,1H3,(H,15,19)(H,17,18). The molecular formula is C14H18N2O4. The van der Waals surface area contributed by atoms with Gasteiger partial charge in [0.15, 0.2) is 6.10 Å². The molecule has 2 N–H and O–H groups in total. The average Bonchev–Trinajstić information content (AvgIpc) is 2.48. The van der Waals surface area contributed by atoms with Gasteiger partial charge in [-0.3, -0.25) is 0 Å². The van der Waals surface area contributed by atoms with E-state index in [2.05, 4.69) is 12.2 Å². The second kappa shape index (κ2) is 6.38. The number of amides is 2. The number of benzene rings is 1. The van der Waals surface area contributed by atoms with Gasteiger partial charge in [0.1, 0.15) is 0 Å². The average molecular weight is 278 g/mol. The molecule has 1 unspecified atom stereocenters. The third kappa shape index (κ3) is 3.48. The van der Waals surface area contributed by atoms with Crippen molar-refractivity contribution in [2.75, 3.05) is 25.0 Å². The minimum absolute atomic E-state index is 0.0637. The molecular weight excluding hydrogens is 260 g/mol. The Morgan fingerprint density at radius 2 is 2.10 bits per heavy atom. The van der Waals surface area contributed by atoms with E-state index in [1.165, 1.54) is 10.5 Å². The number of anilines is 1. The molecule has 1 aromatic rings. The fraction of sp³-hybridized carbons (Fsp3) is 0.429. The van der Waals surface area contributed by atoms with Gasteiger partial charge < -0.3 is 20.1 Å². The minimum Gasteiger partial charge on any atom is -0.479 e. The fourth-order valence-electron chi connectivity index (χ4n) is 2.01. The quantitative estimate of drug-likeness (QED) is 0.879. The number of aliphatic carboxylic acids is 1. The van der Waals surface area contributed by atoms with Crippen molar-refractivity contribution >= 4 is 17.7 Å². The van der Waals surface area contributed by atoms with Crippen LogP contribution in [0.3, 0.4) is 0 Å². The Hall–Kier alpha value is -2.08. The summed E-state index contributed by atoms with van der Waals surface area (Å²) in [5, 5.41) is 11.7. The van der Waals surface area contributed by atoms with Gasteiger partial charge in [0, 0.05) is 12.2 Å². The lowest BCUT2D eigenvalue weighted by molar-refractivity contribution is -0.154. The highest BCUT2D eigenvalue weighted by Gasteiger charge is 2.28. The molecule has 1 fully saturated rings. The highest BCUT2D eigenvalue weighted by molar-refractivity contribution is 5.89. The number of hydrogen-bond donors (Lipinski definition) is 2. The summed E-state index contributed by atoms with van der Waals surface area (Å²) in [6, 6.07) is 7.28. The van der Waals surface area contributed by atoms with E-state index in [-0.39, 0.29) is 19.2 Å². The Balaban J connectivity index is 1.95. The monoisotopic (exact) mass is 278 g/mol. The summed E-state index contributed by atoms with van der Waals surface area (Å²) in [6.45, 7) is 2.75. The number of carbonyl (C=O) groups excluding carboxylic acids is 1. The van der Waals surface area contributed by atoms with Gasteiger partial charge in [-0.1, -0.05) is 19.1 Å². The summed E-state index contributed by atoms with van der Waals surface area (Å²) in [5.74, 6) is -1.05. The molecule has 6 heteroatoms. The van der Waals surface area contributed by atoms with Gasteiger partial charge in [0.25, 0.3) is 0 Å². The summed E-state index contributed by atoms with van der Waals surface area (Å²) in [4.78, 5) is 24.4. The van der Waals surface area contributed by atoms with Crippen LogP contribution in [0.15, 0.2) is 24.3 Å². The molecule has 108 valence electrons. The van der Waals surface area contributed by atoms with Crippen molar-refractivity contribution in [3.05, 3.63) is 29.8 Å². The SMILES string of the molecule is CCc1ccc(NC(=O)N2CCOC(C(=O)O)C2)cc1. The van der Waals surface area contributed by atoms with Crippen LogP contribution in [0.5, 0.6) is 0 Å². The number of urea groups is 1. The lowest BCUT2D eigenvalue weighted by Gasteiger charge is -2.30. The Labute approximate surface area is 117 Å². The zero-order chi connectivity index (χ0) is 14.5. The van der Waals surface area contributed by atoms with E-state index < -0.39 is 12.1 Å². The normalized spacial score (nSPS) is 18.6. The molecule has 1 aliphatic rings. The molecule has 0 saturated carbocycles. The fourth-order valence-corrected chi connectivity index (χ4v) is 2.01. The Morgan fingerprint density at radius 1 is 1.40 bits per heavy atom. The molecule has 20 heavy (non-hydrogen) atoms. The first kappa shape index (κ1) is 14.3. The molecule has 1 aliphatic heterocycles. The number of nitrogens with one attached hydrogen (secondary N) is 1. The second-order valence-electron chi connectivity index (χ2n) is 4.62. The maximum Gasteiger partial charge on any atom is 0.334 e. The van der Waals surface area contributed by atoms with Crippen molar-refractivity contribution in [2.45, 2.75) is 19.4 Å². The van der Waals surface area contributed by atoms with E-state index in [4.69, 9.17) is 9.84 Å². The van der Waals surface area contributed by atoms with Crippen LogP contribution < -0.4 is 5.32 Å². The van der Waals surface area contributed by atoms with Crippen LogP contribution in [0.2, 0.25) is 0 Å². The summed E-state index contributed by atoms with van der Waals surface area (Å²) >= 11 is 0. The maximum atomic E-state index is 12.1. The topological polar surface area (TPSA) is 78.9 Å². The molecule has 0 radical (unpaired) electrons. The first-order chi connectivity index (χ1) is 9.60. The van der Waals surface area contributed by atoms with Gasteiger partial charge in [0.05, 0.1) is 13.2 Å². The minimum atomic E-state index is -1.05. The lowest BCUT2D eigenvalue weighted by Crippen LogP contribution is -2.49. The van der Waals surface area contributed by atoms with Crippen LogP contribution in [-0.2, 0) is 16.0 Å².